The summed E-state index contributed by atoms with van der Waals surface area (Å²) in [6.45, 7) is -0.671. The molecule has 0 aromatic carbocycles. The third-order valence-corrected chi connectivity index (χ3v) is 1.48. The second-order valence-corrected chi connectivity index (χ2v) is 2.31. The van der Waals surface area contributed by atoms with Gasteiger partial charge < -0.3 is 25.2 Å². The van der Waals surface area contributed by atoms with E-state index in [-0.39, 0.29) is 0 Å². The monoisotopic (exact) mass is 182 g/mol. The summed E-state index contributed by atoms with van der Waals surface area (Å²) in [5.74, 6) is -2.78. The summed E-state index contributed by atoms with van der Waals surface area (Å²) in [5, 5.41) is 35.0. The third kappa shape index (κ3) is 1.21. The van der Waals surface area contributed by atoms with Gasteiger partial charge in [-0.05, 0) is 0 Å². The lowest BCUT2D eigenvalue weighted by atomic mass is 11.1. The van der Waals surface area contributed by atoms with Gasteiger partial charge in [-0.2, -0.15) is 0 Å². The highest BCUT2D eigenvalue weighted by Gasteiger charge is 2.38. The number of carbonyl (C=O) groups excluding carboxylic acids is 1. The van der Waals surface area contributed by atoms with Crippen LogP contribution in [-0.2, 0) is 9.53 Å². The van der Waals surface area contributed by atoms with Crippen molar-refractivity contribution < 1.29 is 30.0 Å². The highest BCUT2D eigenvalue weighted by Crippen LogP contribution is 2.20. The first-order valence-electron chi connectivity index (χ1n) is 3.20. The van der Waals surface area contributed by atoms with Crippen LogP contribution in [0.2, 0.25) is 0 Å². The number of carbonyl (C=O) groups is 1. The predicted octanol–water partition coefficient (Wildman–Crippen LogP) is -1.41. The maximum Gasteiger partial charge on any atom is 0.377 e. The van der Waals surface area contributed by atoms with E-state index in [1.165, 1.54) is 0 Å². The number of hydrogen-bond acceptors (Lipinski definition) is 6. The molecule has 0 unspecified atom stereocenters. The number of ether oxygens (including phenoxy) is 1. The van der Waals surface area contributed by atoms with Crippen LogP contribution in [0.1, 0.15) is 0 Å². The summed E-state index contributed by atoms with van der Waals surface area (Å²) >= 11 is 0. The van der Waals surface area contributed by atoms with Crippen molar-refractivity contribution in [2.24, 2.45) is 0 Å². The summed E-state index contributed by atoms with van der Waals surface area (Å²) in [6, 6.07) is 0. The molecule has 1 aliphatic heterocycles. The second kappa shape index (κ2) is 3.00. The van der Waals surface area contributed by atoms with Crippen LogP contribution < -0.4 is 0 Å². The maximum atomic E-state index is 10.5. The van der Waals surface area contributed by atoms with E-state index in [0.717, 1.165) is 0 Å². The van der Waals surface area contributed by atoms with E-state index in [1.807, 2.05) is 0 Å². The first-order chi connectivity index (χ1) is 5.57. The van der Waals surface area contributed by atoms with Crippen LogP contribution in [0.5, 0.6) is 0 Å². The molecule has 0 saturated heterocycles. The Morgan fingerprint density at radius 1 is 1.50 bits per heavy atom. The van der Waals surface area contributed by atoms with E-state index in [2.05, 4.69) is 4.74 Å². The average Bonchev–Trinajstić information content (AvgIpc) is 2.32. The molecule has 0 bridgehead atoms. The molecule has 1 heterocycles. The van der Waals surface area contributed by atoms with Gasteiger partial charge in [0.2, 0.25) is 5.76 Å². The van der Waals surface area contributed by atoms with Crippen LogP contribution >= 0.6 is 0 Å². The molecular weight excluding hydrogens is 174 g/mol. The van der Waals surface area contributed by atoms with Gasteiger partial charge in [0.25, 0.3) is 0 Å². The van der Waals surface area contributed by atoms with Crippen molar-refractivity contribution in [3.05, 3.63) is 11.5 Å². The molecule has 0 aromatic rings. The minimum absolute atomic E-state index is 0.671. The molecule has 0 radical (unpaired) electrons. The zero-order chi connectivity index (χ0) is 9.30. The van der Waals surface area contributed by atoms with Gasteiger partial charge in [0.05, 0.1) is 6.61 Å². The molecule has 6 nitrogen and oxygen atoms in total. The Hall–Kier alpha value is -1.27. The predicted molar refractivity (Wildman–Crippen MR) is 35.3 cm³/mol. The Kier molecular flexibility index (Phi) is 2.20. The zero-order valence-electron chi connectivity index (χ0n) is 5.97. The zero-order valence-corrected chi connectivity index (χ0v) is 5.97. The molecule has 1 aliphatic rings. The molecule has 0 amide bonds. The highest BCUT2D eigenvalue weighted by atomic mass is 16.8. The first kappa shape index (κ1) is 8.82. The summed E-state index contributed by atoms with van der Waals surface area (Å²) < 4.78 is 4.32. The van der Waals surface area contributed by atoms with Crippen molar-refractivity contribution in [1.82, 2.24) is 0 Å². The smallest absolute Gasteiger partial charge is 0.377 e. The standard InChI is InChI=1S/C6H8O6/c7-1-2(8)5-3(9)4(10)6(11)12-5/h2,5,7-10H,1H2/t2-,5+/m0/s1/i1+1,2+1,3+1,4+1,5+1,6+1. The lowest BCUT2D eigenvalue weighted by Gasteiger charge is -2.13. The quantitative estimate of drug-likeness (QED) is 0.309. The van der Waals surface area contributed by atoms with E-state index in [9.17, 15) is 4.79 Å². The number of cyclic esters (lactones) is 1. The molecule has 68 valence electrons. The van der Waals surface area contributed by atoms with E-state index in [4.69, 9.17) is 20.4 Å². The van der Waals surface area contributed by atoms with E-state index in [0.29, 0.717) is 0 Å². The van der Waals surface area contributed by atoms with E-state index < -0.39 is 36.3 Å². The van der Waals surface area contributed by atoms with Crippen LogP contribution in [0, 0.1) is 0 Å². The Bertz CT molecular complexity index is 232. The maximum absolute atomic E-state index is 10.5. The molecule has 0 fully saturated rings. The molecule has 2 atom stereocenters. The average molecular weight is 182 g/mol. The van der Waals surface area contributed by atoms with Gasteiger partial charge in [0, 0.05) is 0 Å². The van der Waals surface area contributed by atoms with Gasteiger partial charge in [0.15, 0.2) is 11.9 Å². The van der Waals surface area contributed by atoms with Gasteiger partial charge in [-0.15, -0.1) is 0 Å². The molecule has 0 aromatic heterocycles. The fourth-order valence-corrected chi connectivity index (χ4v) is 0.823. The van der Waals surface area contributed by atoms with Gasteiger partial charge in [-0.25, -0.2) is 4.79 Å². The van der Waals surface area contributed by atoms with E-state index in [1.54, 1.807) is 0 Å². The Morgan fingerprint density at radius 2 is 2.08 bits per heavy atom. The van der Waals surface area contributed by atoms with Gasteiger partial charge in [0.1, 0.15) is 6.10 Å². The summed E-state index contributed by atoms with van der Waals surface area (Å²) in [4.78, 5) is 10.5. The van der Waals surface area contributed by atoms with Crippen molar-refractivity contribution in [1.29, 1.82) is 0 Å². The van der Waals surface area contributed by atoms with Crippen LogP contribution in [0.15, 0.2) is 11.5 Å². The van der Waals surface area contributed by atoms with Crippen molar-refractivity contribution in [2.75, 3.05) is 6.61 Å². The Labute approximate surface area is 67.3 Å². The molecule has 0 spiro atoms. The minimum Gasteiger partial charge on any atom is -0.505 e. The van der Waals surface area contributed by atoms with E-state index >= 15 is 0 Å². The van der Waals surface area contributed by atoms with Crippen molar-refractivity contribution >= 4 is 5.97 Å². The van der Waals surface area contributed by atoms with Crippen LogP contribution in [0.25, 0.3) is 0 Å². The lowest BCUT2D eigenvalue weighted by Crippen LogP contribution is -2.31. The van der Waals surface area contributed by atoms with Crippen molar-refractivity contribution in [2.45, 2.75) is 12.2 Å². The summed E-state index contributed by atoms with van der Waals surface area (Å²) in [6.07, 6.45) is -2.78. The first-order valence-corrected chi connectivity index (χ1v) is 3.20. The molecule has 4 N–H and O–H groups in total. The van der Waals surface area contributed by atoms with Crippen molar-refractivity contribution in [3.8, 4) is 0 Å². The van der Waals surface area contributed by atoms with Crippen molar-refractivity contribution in [3.63, 3.8) is 0 Å². The second-order valence-electron chi connectivity index (χ2n) is 2.31. The molecule has 6 heteroatoms. The molecule has 0 saturated carbocycles. The highest BCUT2D eigenvalue weighted by molar-refractivity contribution is 5.89. The number of aliphatic hydroxyl groups is 4. The van der Waals surface area contributed by atoms with Crippen LogP contribution in [0.4, 0.5) is 0 Å². The lowest BCUT2D eigenvalue weighted by molar-refractivity contribution is -0.147. The van der Waals surface area contributed by atoms with Gasteiger partial charge >= 0.3 is 5.97 Å². The fraction of sp³-hybridized carbons (Fsp3) is 0.500. The Morgan fingerprint density at radius 3 is 2.42 bits per heavy atom. The molecule has 0 aliphatic carbocycles. The molecule has 12 heavy (non-hydrogen) atoms. The fourth-order valence-electron chi connectivity index (χ4n) is 0.823. The number of hydrogen-bond donors (Lipinski definition) is 4. The number of aliphatic hydroxyl groups excluding tert-OH is 4. The summed E-state index contributed by atoms with van der Waals surface area (Å²) in [7, 11) is 0. The van der Waals surface area contributed by atoms with Crippen LogP contribution in [-0.4, -0.2) is 45.2 Å². The minimum atomic E-state index is -1.42. The number of esters is 1. The third-order valence-electron chi connectivity index (χ3n) is 1.48. The summed E-state index contributed by atoms with van der Waals surface area (Å²) in [5.41, 5.74) is 0. The van der Waals surface area contributed by atoms with Gasteiger partial charge in [-0.3, -0.25) is 0 Å². The largest absolute Gasteiger partial charge is 0.505 e. The normalized spacial score (nSPS) is 25.8. The van der Waals surface area contributed by atoms with Gasteiger partial charge in [-0.1, -0.05) is 0 Å². The molecular formula is C6H8O6. The topological polar surface area (TPSA) is 107 Å². The number of rotatable bonds is 2. The SMILES string of the molecule is O=[13C]1O[13C@H]([13C@@H](O)[13CH2]O)[13C](O)=[13C]1O. The Balaban J connectivity index is 2.80. The molecule has 1 rings (SSSR count). The van der Waals surface area contributed by atoms with Crippen LogP contribution in [0.3, 0.4) is 0 Å².